The first-order chi connectivity index (χ1) is 28.5. The zero-order valence-corrected chi connectivity index (χ0v) is 35.4. The summed E-state index contributed by atoms with van der Waals surface area (Å²) in [6.45, 7) is 9.25. The fourth-order valence-electron chi connectivity index (χ4n) is 9.96. The van der Waals surface area contributed by atoms with E-state index in [4.69, 9.17) is 9.47 Å². The highest BCUT2D eigenvalue weighted by atomic mass is 28.3. The lowest BCUT2D eigenvalue weighted by Crippen LogP contribution is -2.51. The van der Waals surface area contributed by atoms with E-state index in [-0.39, 0.29) is 60.5 Å². The average Bonchev–Trinajstić information content (AvgIpc) is 4.09. The van der Waals surface area contributed by atoms with Crippen LogP contribution in [0, 0.1) is 5.92 Å². The lowest BCUT2D eigenvalue weighted by molar-refractivity contribution is -0.146. The highest BCUT2D eigenvalue weighted by Crippen LogP contribution is 2.60. The van der Waals surface area contributed by atoms with Gasteiger partial charge in [-0.15, -0.1) is 5.10 Å². The van der Waals surface area contributed by atoms with E-state index in [1.807, 2.05) is 65.7 Å². The van der Waals surface area contributed by atoms with Crippen molar-refractivity contribution in [1.82, 2.24) is 25.6 Å². The summed E-state index contributed by atoms with van der Waals surface area (Å²) in [5, 5.41) is 32.1. The Morgan fingerprint density at radius 1 is 0.983 bits per heavy atom. The highest BCUT2D eigenvalue weighted by molar-refractivity contribution is 6.91. The largest absolute Gasteiger partial charge is 0.497 e. The number of aliphatic hydroxyl groups excluding tert-OH is 1. The van der Waals surface area contributed by atoms with Crippen molar-refractivity contribution < 1.29 is 29.0 Å². The summed E-state index contributed by atoms with van der Waals surface area (Å²) >= 11 is 0. The van der Waals surface area contributed by atoms with Crippen LogP contribution in [0.4, 0.5) is 17.1 Å². The molecule has 4 aliphatic heterocycles. The summed E-state index contributed by atoms with van der Waals surface area (Å²) in [6, 6.07) is 21.2. The summed E-state index contributed by atoms with van der Waals surface area (Å²) in [6.07, 6.45) is 6.00. The summed E-state index contributed by atoms with van der Waals surface area (Å²) in [5.41, 5.74) is 2.97. The van der Waals surface area contributed by atoms with E-state index in [0.717, 1.165) is 61.3 Å². The fraction of sp³-hybridized carbons (Fsp3) is 0.477. The van der Waals surface area contributed by atoms with E-state index in [2.05, 4.69) is 63.7 Å². The number of amides is 3. The quantitative estimate of drug-likeness (QED) is 0.117. The highest BCUT2D eigenvalue weighted by Gasteiger charge is 2.66. The summed E-state index contributed by atoms with van der Waals surface area (Å²) in [5.74, 6) is 0.211. The molecule has 0 bridgehead atoms. The summed E-state index contributed by atoms with van der Waals surface area (Å²) < 4.78 is 14.7. The monoisotopic (exact) mass is 820 g/mol. The first-order valence-electron chi connectivity index (χ1n) is 21.0. The Morgan fingerprint density at radius 3 is 2.32 bits per heavy atom. The number of fused-ring (bicyclic) bond motifs is 2. The van der Waals surface area contributed by atoms with Gasteiger partial charge in [0.2, 0.25) is 11.8 Å². The number of aromatic nitrogens is 3. The van der Waals surface area contributed by atoms with Gasteiger partial charge in [0.05, 0.1) is 51.3 Å². The van der Waals surface area contributed by atoms with Crippen LogP contribution in [0.25, 0.3) is 0 Å². The molecule has 312 valence electrons. The van der Waals surface area contributed by atoms with Crippen molar-refractivity contribution in [1.29, 1.82) is 0 Å². The van der Waals surface area contributed by atoms with Crippen molar-refractivity contribution in [3.8, 4) is 5.75 Å². The molecule has 6 atom stereocenters. The molecule has 4 aliphatic rings. The van der Waals surface area contributed by atoms with Gasteiger partial charge in [0.15, 0.2) is 5.60 Å². The molecule has 8 rings (SSSR count). The van der Waals surface area contributed by atoms with Gasteiger partial charge in [-0.05, 0) is 98.8 Å². The number of nitrogens with zero attached hydrogens (tertiary/aromatic N) is 4. The minimum Gasteiger partial charge on any atom is -0.497 e. The third-order valence-corrected chi connectivity index (χ3v) is 17.3. The van der Waals surface area contributed by atoms with Gasteiger partial charge in [0, 0.05) is 48.6 Å². The molecule has 1 aromatic heterocycles. The van der Waals surface area contributed by atoms with Crippen molar-refractivity contribution in [3.05, 3.63) is 89.7 Å². The van der Waals surface area contributed by atoms with Crippen molar-refractivity contribution in [3.63, 3.8) is 0 Å². The number of methoxy groups -OCH3 is 1. The maximum atomic E-state index is 15.5. The topological polar surface area (TPSA) is 172 Å². The minimum atomic E-state index is -2.44. The molecular formula is C44H56N8O6Si. The smallest absolute Gasteiger partial charge is 0.264 e. The number of nitrogens with one attached hydrogen (secondary N) is 4. The maximum Gasteiger partial charge on any atom is 0.264 e. The van der Waals surface area contributed by atoms with Crippen molar-refractivity contribution >= 4 is 48.0 Å². The number of aliphatic hydroxyl groups is 1. The lowest BCUT2D eigenvalue weighted by atomic mass is 9.82. The van der Waals surface area contributed by atoms with Crippen LogP contribution in [0.3, 0.4) is 0 Å². The molecule has 14 nitrogen and oxygen atoms in total. The van der Waals surface area contributed by atoms with E-state index in [1.54, 1.807) is 11.8 Å². The molecule has 1 spiro atoms. The van der Waals surface area contributed by atoms with Crippen LogP contribution in [0.2, 0.25) is 18.6 Å². The van der Waals surface area contributed by atoms with Gasteiger partial charge in [-0.1, -0.05) is 54.7 Å². The molecule has 0 radical (unpaired) electrons. The minimum absolute atomic E-state index is 0.0112. The molecule has 3 aromatic carbocycles. The average molecular weight is 821 g/mol. The van der Waals surface area contributed by atoms with Gasteiger partial charge in [-0.3, -0.25) is 19.1 Å². The van der Waals surface area contributed by atoms with E-state index in [9.17, 15) is 14.7 Å². The van der Waals surface area contributed by atoms with E-state index >= 15 is 4.79 Å². The molecule has 5 N–H and O–H groups in total. The number of hydrogen-bond donors (Lipinski definition) is 5. The van der Waals surface area contributed by atoms with Gasteiger partial charge in [0.25, 0.3) is 5.91 Å². The van der Waals surface area contributed by atoms with Crippen LogP contribution >= 0.6 is 0 Å². The molecule has 3 saturated heterocycles. The van der Waals surface area contributed by atoms with E-state index in [1.165, 1.54) is 5.19 Å². The fourth-order valence-corrected chi connectivity index (χ4v) is 14.0. The second kappa shape index (κ2) is 17.0. The van der Waals surface area contributed by atoms with Crippen LogP contribution in [0.5, 0.6) is 5.75 Å². The SMILES string of the molecule is COc1ccc([Si](C)(C)[C@@H]2[C@@H](CCn3cc(CCO)nn3)O[C@]3(C(=O)N(Cc4cccc(NC(=O)[C@H]5CCCN5)c4)c4ccc(NC(=O)[C@H]5CCCN5)cc43)[C@H]2C)cc1. The number of ether oxygens (including phenoxy) is 2. The Balaban J connectivity index is 1.17. The molecule has 3 amide bonds. The zero-order valence-electron chi connectivity index (χ0n) is 34.4. The Kier molecular flexibility index (Phi) is 11.7. The maximum absolute atomic E-state index is 15.5. The number of benzene rings is 3. The number of hydrogen-bond acceptors (Lipinski definition) is 10. The molecule has 5 heterocycles. The van der Waals surface area contributed by atoms with E-state index in [0.29, 0.717) is 36.5 Å². The van der Waals surface area contributed by atoms with Crippen LogP contribution in [0.1, 0.15) is 55.8 Å². The first kappa shape index (κ1) is 40.8. The van der Waals surface area contributed by atoms with Crippen LogP contribution < -0.4 is 36.1 Å². The van der Waals surface area contributed by atoms with Crippen LogP contribution in [0.15, 0.2) is 72.9 Å². The molecule has 59 heavy (non-hydrogen) atoms. The number of carbonyl (C=O) groups excluding carboxylic acids is 3. The number of rotatable bonds is 14. The van der Waals surface area contributed by atoms with Crippen LogP contribution in [-0.2, 0) is 44.2 Å². The van der Waals surface area contributed by atoms with Crippen LogP contribution in [-0.4, -0.2) is 90.9 Å². The Hall–Kier alpha value is -4.93. The Bertz CT molecular complexity index is 2170. The standard InChI is InChI=1S/C44H56N8O6Si/c1-28-40(59(3,4)34-15-13-33(57-2)14-16-34)39(18-22-51-27-32(19-23-53)49-50-51)58-44(28)35-25-31(48-42(55)37-11-7-21-46-37)12-17-38(35)52(43(44)56)26-29-8-5-9-30(24-29)47-41(54)36-10-6-20-45-36/h5,8-9,12-17,24-25,27-28,36-37,39-40,45-46,53H,6-7,10-11,18-23,26H2,1-4H3,(H,47,54)(H,48,55)/t28-,36+,37+,39+,40-,44+/m0/s1. The van der Waals surface area contributed by atoms with Crippen molar-refractivity contribution in [2.24, 2.45) is 5.92 Å². The zero-order chi connectivity index (χ0) is 41.3. The predicted octanol–water partition coefficient (Wildman–Crippen LogP) is 4.06. The number of aryl methyl sites for hydroxylation is 1. The third-order valence-electron chi connectivity index (χ3n) is 13.0. The molecule has 0 saturated carbocycles. The van der Waals surface area contributed by atoms with E-state index < -0.39 is 13.7 Å². The molecule has 0 unspecified atom stereocenters. The second-order valence-corrected chi connectivity index (χ2v) is 21.7. The van der Waals surface area contributed by atoms with Gasteiger partial charge < -0.3 is 40.7 Å². The molecule has 3 fully saturated rings. The summed E-state index contributed by atoms with van der Waals surface area (Å²) in [7, 11) is -0.776. The van der Waals surface area contributed by atoms with Gasteiger partial charge in [0.1, 0.15) is 5.75 Å². The lowest BCUT2D eigenvalue weighted by Gasteiger charge is -2.37. The molecule has 0 aliphatic carbocycles. The predicted molar refractivity (Wildman–Crippen MR) is 228 cm³/mol. The van der Waals surface area contributed by atoms with Crippen molar-refractivity contribution in [2.75, 3.05) is 42.3 Å². The molecular weight excluding hydrogens is 765 g/mol. The number of anilines is 3. The van der Waals surface area contributed by atoms with Gasteiger partial charge >= 0.3 is 0 Å². The van der Waals surface area contributed by atoms with Crippen molar-refractivity contribution in [2.45, 2.75) is 101 Å². The van der Waals surface area contributed by atoms with Gasteiger partial charge in [-0.25, -0.2) is 0 Å². The first-order valence-corrected chi connectivity index (χ1v) is 24.1. The van der Waals surface area contributed by atoms with Gasteiger partial charge in [-0.2, -0.15) is 0 Å². The third kappa shape index (κ3) is 7.93. The molecule has 4 aromatic rings. The second-order valence-electron chi connectivity index (χ2n) is 17.0. The Labute approximate surface area is 346 Å². The normalized spacial score (nSPS) is 25.1. The number of carbonyl (C=O) groups is 3. The molecule has 15 heteroatoms. The summed E-state index contributed by atoms with van der Waals surface area (Å²) in [4.78, 5) is 43.8. The Morgan fingerprint density at radius 2 is 1.68 bits per heavy atom.